The van der Waals surface area contributed by atoms with Crippen molar-refractivity contribution in [2.24, 2.45) is 5.92 Å². The first-order chi connectivity index (χ1) is 13.0. The molecule has 0 radical (unpaired) electrons. The number of likely N-dealkylation sites (tertiary alicyclic amines) is 1. The molecule has 1 fully saturated rings. The van der Waals surface area contributed by atoms with Crippen molar-refractivity contribution < 1.29 is 14.0 Å². The molecule has 2 amide bonds. The van der Waals surface area contributed by atoms with Crippen LogP contribution in [0.2, 0.25) is 0 Å². The maximum Gasteiger partial charge on any atom is 0.229 e. The summed E-state index contributed by atoms with van der Waals surface area (Å²) in [4.78, 5) is 28.7. The maximum absolute atomic E-state index is 12.6. The fraction of sp³-hybridized carbons (Fsp3) is 0.429. The Balaban J connectivity index is 1.58. The Morgan fingerprint density at radius 3 is 2.63 bits per heavy atom. The van der Waals surface area contributed by atoms with E-state index >= 15 is 0 Å². The fourth-order valence-electron chi connectivity index (χ4n) is 3.52. The summed E-state index contributed by atoms with van der Waals surface area (Å²) in [5.74, 6) is 0.257. The van der Waals surface area contributed by atoms with Crippen molar-refractivity contribution in [2.45, 2.75) is 39.8 Å². The molecule has 144 valence electrons. The first kappa shape index (κ1) is 19.0. The summed E-state index contributed by atoms with van der Waals surface area (Å²) in [5.41, 5.74) is 1.88. The average molecular weight is 369 g/mol. The van der Waals surface area contributed by atoms with Gasteiger partial charge < -0.3 is 19.5 Å². The van der Waals surface area contributed by atoms with Crippen LogP contribution in [0.25, 0.3) is 0 Å². The van der Waals surface area contributed by atoms with Gasteiger partial charge in [0.05, 0.1) is 18.7 Å². The lowest BCUT2D eigenvalue weighted by atomic mass is 10.1. The highest BCUT2D eigenvalue weighted by molar-refractivity contribution is 5.97. The molecule has 0 saturated carbocycles. The van der Waals surface area contributed by atoms with Gasteiger partial charge >= 0.3 is 0 Å². The molecule has 0 unspecified atom stereocenters. The molecule has 27 heavy (non-hydrogen) atoms. The van der Waals surface area contributed by atoms with E-state index in [-0.39, 0.29) is 24.2 Å². The van der Waals surface area contributed by atoms with Gasteiger partial charge in [-0.3, -0.25) is 9.59 Å². The number of hydrogen-bond acceptors (Lipinski definition) is 4. The van der Waals surface area contributed by atoms with Gasteiger partial charge in [0.2, 0.25) is 11.8 Å². The fourth-order valence-corrected chi connectivity index (χ4v) is 3.52. The van der Waals surface area contributed by atoms with Crippen molar-refractivity contribution in [3.05, 3.63) is 48.4 Å². The minimum atomic E-state index is -0.338. The Morgan fingerprint density at radius 2 is 2.04 bits per heavy atom. The van der Waals surface area contributed by atoms with Crippen LogP contribution in [0.15, 0.2) is 47.1 Å². The first-order valence-corrected chi connectivity index (χ1v) is 9.45. The highest BCUT2D eigenvalue weighted by Crippen LogP contribution is 2.24. The summed E-state index contributed by atoms with van der Waals surface area (Å²) in [6.45, 7) is 8.20. The number of benzene rings is 1. The van der Waals surface area contributed by atoms with Gasteiger partial charge in [-0.1, -0.05) is 0 Å². The molecular formula is C21H27N3O3. The van der Waals surface area contributed by atoms with Gasteiger partial charge in [-0.2, -0.15) is 0 Å². The second kappa shape index (κ2) is 8.29. The van der Waals surface area contributed by atoms with E-state index in [0.29, 0.717) is 19.1 Å². The van der Waals surface area contributed by atoms with E-state index in [1.165, 1.54) is 0 Å². The summed E-state index contributed by atoms with van der Waals surface area (Å²) < 4.78 is 5.29. The van der Waals surface area contributed by atoms with Crippen LogP contribution in [0, 0.1) is 5.92 Å². The Labute approximate surface area is 160 Å². The van der Waals surface area contributed by atoms with Crippen molar-refractivity contribution in [3.63, 3.8) is 0 Å². The number of furan rings is 1. The first-order valence-electron chi connectivity index (χ1n) is 9.45. The summed E-state index contributed by atoms with van der Waals surface area (Å²) in [5, 5.41) is 2.94. The number of nitrogens with one attached hydrogen (secondary N) is 1. The molecule has 1 aliphatic rings. The van der Waals surface area contributed by atoms with Crippen molar-refractivity contribution in [1.82, 2.24) is 4.90 Å². The molecule has 0 aliphatic carbocycles. The quantitative estimate of drug-likeness (QED) is 0.811. The van der Waals surface area contributed by atoms with E-state index in [0.717, 1.165) is 23.7 Å². The van der Waals surface area contributed by atoms with Crippen molar-refractivity contribution >= 4 is 23.2 Å². The number of hydrogen-bond donors (Lipinski definition) is 1. The molecule has 0 bridgehead atoms. The van der Waals surface area contributed by atoms with E-state index in [1.54, 1.807) is 17.2 Å². The zero-order chi connectivity index (χ0) is 19.4. The molecule has 6 heteroatoms. The highest BCUT2D eigenvalue weighted by atomic mass is 16.3. The van der Waals surface area contributed by atoms with Gasteiger partial charge in [0, 0.05) is 36.9 Å². The van der Waals surface area contributed by atoms with Gasteiger partial charge in [-0.15, -0.1) is 0 Å². The van der Waals surface area contributed by atoms with Crippen LogP contribution in [0.3, 0.4) is 0 Å². The lowest BCUT2D eigenvalue weighted by Gasteiger charge is -2.27. The molecule has 3 rings (SSSR count). The number of amides is 2. The number of rotatable bonds is 7. The van der Waals surface area contributed by atoms with Gasteiger partial charge in [-0.25, -0.2) is 0 Å². The molecule has 1 aromatic heterocycles. The van der Waals surface area contributed by atoms with Crippen LogP contribution in [-0.2, 0) is 16.1 Å². The molecule has 1 aromatic carbocycles. The van der Waals surface area contributed by atoms with Crippen LogP contribution in [0.5, 0.6) is 0 Å². The summed E-state index contributed by atoms with van der Waals surface area (Å²) in [7, 11) is 0. The van der Waals surface area contributed by atoms with Crippen LogP contribution in [0.1, 0.15) is 33.0 Å². The Kier molecular flexibility index (Phi) is 5.84. The highest BCUT2D eigenvalue weighted by Gasteiger charge is 2.34. The predicted octanol–water partition coefficient (Wildman–Crippen LogP) is 3.50. The summed E-state index contributed by atoms with van der Waals surface area (Å²) in [6.07, 6.45) is 1.82. The molecule has 1 N–H and O–H groups in total. The number of nitrogens with zero attached hydrogens (tertiary/aromatic N) is 2. The number of anilines is 2. The molecule has 6 nitrogen and oxygen atoms in total. The standard InChI is InChI=1S/C21H27N3O3/c1-4-24(15(2)3)18-9-7-17(8-10-18)22-21(26)16-12-20(25)23(13-16)14-19-6-5-11-27-19/h5-11,15-16H,4,12-14H2,1-3H3,(H,22,26)/t16-/m0/s1. The van der Waals surface area contributed by atoms with Gasteiger partial charge in [0.15, 0.2) is 0 Å². The number of carbonyl (C=O) groups excluding carboxylic acids is 2. The van der Waals surface area contributed by atoms with Gasteiger partial charge in [0.1, 0.15) is 5.76 Å². The third-order valence-electron chi connectivity index (χ3n) is 4.94. The molecule has 1 aliphatic heterocycles. The largest absolute Gasteiger partial charge is 0.467 e. The Hall–Kier alpha value is -2.76. The predicted molar refractivity (Wildman–Crippen MR) is 105 cm³/mol. The molecule has 2 aromatic rings. The minimum absolute atomic E-state index is 0.0163. The average Bonchev–Trinajstić information content (AvgIpc) is 3.27. The number of carbonyl (C=O) groups is 2. The summed E-state index contributed by atoms with van der Waals surface area (Å²) in [6, 6.07) is 11.9. The van der Waals surface area contributed by atoms with Crippen LogP contribution < -0.4 is 10.2 Å². The molecule has 2 heterocycles. The van der Waals surface area contributed by atoms with Crippen molar-refractivity contribution in [2.75, 3.05) is 23.3 Å². The van der Waals surface area contributed by atoms with Gasteiger partial charge in [-0.05, 0) is 57.2 Å². The summed E-state index contributed by atoms with van der Waals surface area (Å²) >= 11 is 0. The van der Waals surface area contributed by atoms with E-state index in [2.05, 4.69) is 31.0 Å². The SMILES string of the molecule is CCN(c1ccc(NC(=O)[C@H]2CC(=O)N(Cc3ccco3)C2)cc1)C(C)C. The third-order valence-corrected chi connectivity index (χ3v) is 4.94. The lowest BCUT2D eigenvalue weighted by Crippen LogP contribution is -2.30. The second-order valence-electron chi connectivity index (χ2n) is 7.17. The Morgan fingerprint density at radius 1 is 1.30 bits per heavy atom. The van der Waals surface area contributed by atoms with Gasteiger partial charge in [0.25, 0.3) is 0 Å². The second-order valence-corrected chi connectivity index (χ2v) is 7.17. The van der Waals surface area contributed by atoms with E-state index in [4.69, 9.17) is 4.42 Å². The maximum atomic E-state index is 12.6. The van der Waals surface area contributed by atoms with Crippen LogP contribution in [-0.4, -0.2) is 35.8 Å². The van der Waals surface area contributed by atoms with Crippen molar-refractivity contribution in [1.29, 1.82) is 0 Å². The molecule has 1 saturated heterocycles. The zero-order valence-corrected chi connectivity index (χ0v) is 16.1. The third kappa shape index (κ3) is 4.51. The van der Waals surface area contributed by atoms with E-state index < -0.39 is 0 Å². The molecule has 0 spiro atoms. The van der Waals surface area contributed by atoms with Crippen LogP contribution >= 0.6 is 0 Å². The molecule has 1 atom stereocenters. The zero-order valence-electron chi connectivity index (χ0n) is 16.1. The van der Waals surface area contributed by atoms with Crippen molar-refractivity contribution in [3.8, 4) is 0 Å². The minimum Gasteiger partial charge on any atom is -0.467 e. The lowest BCUT2D eigenvalue weighted by molar-refractivity contribution is -0.128. The topological polar surface area (TPSA) is 65.8 Å². The Bertz CT molecular complexity index is 768. The van der Waals surface area contributed by atoms with E-state index in [9.17, 15) is 9.59 Å². The van der Waals surface area contributed by atoms with E-state index in [1.807, 2.05) is 30.3 Å². The molecular weight excluding hydrogens is 342 g/mol. The van der Waals surface area contributed by atoms with Crippen LogP contribution in [0.4, 0.5) is 11.4 Å². The normalized spacial score (nSPS) is 16.8. The monoisotopic (exact) mass is 369 g/mol. The smallest absolute Gasteiger partial charge is 0.229 e.